The van der Waals surface area contributed by atoms with Crippen LogP contribution in [0, 0.1) is 5.92 Å². The van der Waals surface area contributed by atoms with Crippen LogP contribution in [0.5, 0.6) is 0 Å². The predicted molar refractivity (Wildman–Crippen MR) is 76.4 cm³/mol. The van der Waals surface area contributed by atoms with E-state index >= 15 is 0 Å². The fourth-order valence-corrected chi connectivity index (χ4v) is 2.91. The van der Waals surface area contributed by atoms with Crippen LogP contribution in [0.25, 0.3) is 0 Å². The summed E-state index contributed by atoms with van der Waals surface area (Å²) in [5, 5.41) is 3.32. The molecule has 0 aromatic carbocycles. The lowest BCUT2D eigenvalue weighted by Crippen LogP contribution is -2.28. The van der Waals surface area contributed by atoms with E-state index in [9.17, 15) is 0 Å². The van der Waals surface area contributed by atoms with Crippen LogP contribution < -0.4 is 5.32 Å². The van der Waals surface area contributed by atoms with E-state index in [1.165, 1.54) is 64.6 Å². The minimum Gasteiger partial charge on any atom is -0.317 e. The third-order valence-corrected chi connectivity index (χ3v) is 4.24. The van der Waals surface area contributed by atoms with Crippen molar-refractivity contribution in [1.82, 2.24) is 10.2 Å². The third-order valence-electron chi connectivity index (χ3n) is 4.24. The second-order valence-corrected chi connectivity index (χ2v) is 5.76. The summed E-state index contributed by atoms with van der Waals surface area (Å²) >= 11 is 0. The zero-order valence-corrected chi connectivity index (χ0v) is 12.2. The molecule has 2 heteroatoms. The summed E-state index contributed by atoms with van der Waals surface area (Å²) in [6.45, 7) is 8.60. The first kappa shape index (κ1) is 15.0. The van der Waals surface area contributed by atoms with E-state index in [0.717, 1.165) is 5.92 Å². The van der Waals surface area contributed by atoms with E-state index in [0.29, 0.717) is 6.04 Å². The number of hydrogen-bond acceptors (Lipinski definition) is 2. The molecule has 1 fully saturated rings. The van der Waals surface area contributed by atoms with Crippen LogP contribution in [-0.4, -0.2) is 37.6 Å². The molecule has 0 radical (unpaired) electrons. The van der Waals surface area contributed by atoms with Gasteiger partial charge in [0.15, 0.2) is 0 Å². The third kappa shape index (κ3) is 6.42. The summed E-state index contributed by atoms with van der Waals surface area (Å²) in [6, 6.07) is 0.676. The molecule has 2 atom stereocenters. The van der Waals surface area contributed by atoms with Gasteiger partial charge in [0.2, 0.25) is 0 Å². The van der Waals surface area contributed by atoms with E-state index in [-0.39, 0.29) is 0 Å². The van der Waals surface area contributed by atoms with Crippen LogP contribution in [0.1, 0.15) is 58.8 Å². The topological polar surface area (TPSA) is 15.3 Å². The molecule has 1 heterocycles. The van der Waals surface area contributed by atoms with Gasteiger partial charge in [0.05, 0.1) is 0 Å². The van der Waals surface area contributed by atoms with Gasteiger partial charge in [-0.25, -0.2) is 0 Å². The first-order valence-electron chi connectivity index (χ1n) is 7.65. The number of rotatable bonds is 7. The van der Waals surface area contributed by atoms with Gasteiger partial charge < -0.3 is 10.2 Å². The van der Waals surface area contributed by atoms with Crippen molar-refractivity contribution < 1.29 is 0 Å². The molecular formula is C15H32N2. The van der Waals surface area contributed by atoms with Gasteiger partial charge in [-0.3, -0.25) is 0 Å². The van der Waals surface area contributed by atoms with Gasteiger partial charge in [-0.2, -0.15) is 0 Å². The number of likely N-dealkylation sites (tertiary alicyclic amines) is 1. The smallest absolute Gasteiger partial charge is 0.00362 e. The summed E-state index contributed by atoms with van der Waals surface area (Å²) in [5.41, 5.74) is 0. The maximum atomic E-state index is 3.32. The largest absolute Gasteiger partial charge is 0.317 e. The van der Waals surface area contributed by atoms with Crippen LogP contribution in [-0.2, 0) is 0 Å². The number of hydrogen-bond donors (Lipinski definition) is 1. The van der Waals surface area contributed by atoms with Crippen LogP contribution >= 0.6 is 0 Å². The monoisotopic (exact) mass is 240 g/mol. The molecule has 2 unspecified atom stereocenters. The van der Waals surface area contributed by atoms with Crippen LogP contribution in [0.2, 0.25) is 0 Å². The minimum absolute atomic E-state index is 0.676. The Kier molecular flexibility index (Phi) is 7.87. The lowest BCUT2D eigenvalue weighted by Gasteiger charge is -2.21. The van der Waals surface area contributed by atoms with Crippen LogP contribution in [0.15, 0.2) is 0 Å². The van der Waals surface area contributed by atoms with Gasteiger partial charge in [0, 0.05) is 6.04 Å². The molecule has 0 amide bonds. The second kappa shape index (κ2) is 8.93. The minimum atomic E-state index is 0.676. The summed E-state index contributed by atoms with van der Waals surface area (Å²) < 4.78 is 0. The van der Waals surface area contributed by atoms with Gasteiger partial charge in [-0.15, -0.1) is 0 Å². The molecule has 1 aliphatic heterocycles. The lowest BCUT2D eigenvalue weighted by atomic mass is 9.96. The molecule has 17 heavy (non-hydrogen) atoms. The molecule has 0 saturated carbocycles. The van der Waals surface area contributed by atoms with Crippen LogP contribution in [0.3, 0.4) is 0 Å². The van der Waals surface area contributed by atoms with E-state index < -0.39 is 0 Å². The van der Waals surface area contributed by atoms with Crippen LogP contribution in [0.4, 0.5) is 0 Å². The molecule has 0 aromatic rings. The molecular weight excluding hydrogens is 208 g/mol. The predicted octanol–water partition coefficient (Wildman–Crippen LogP) is 3.28. The number of nitrogens with zero attached hydrogens (tertiary/aromatic N) is 1. The standard InChI is InChI=1S/C15H32N2/c1-4-7-15-9-6-12-17(13-10-15)11-5-8-14(2)16-3/h14-16H,4-13H2,1-3H3. The van der Waals surface area contributed by atoms with Crippen molar-refractivity contribution in [3.8, 4) is 0 Å². The summed E-state index contributed by atoms with van der Waals surface area (Å²) in [6.07, 6.45) is 9.81. The Morgan fingerprint density at radius 2 is 2.12 bits per heavy atom. The van der Waals surface area contributed by atoms with Crippen molar-refractivity contribution in [1.29, 1.82) is 0 Å². The average Bonchev–Trinajstić information content (AvgIpc) is 2.55. The Morgan fingerprint density at radius 3 is 2.82 bits per heavy atom. The van der Waals surface area contributed by atoms with E-state index in [4.69, 9.17) is 0 Å². The Hall–Kier alpha value is -0.0800. The van der Waals surface area contributed by atoms with E-state index in [1.807, 2.05) is 0 Å². The van der Waals surface area contributed by atoms with Crippen molar-refractivity contribution in [3.05, 3.63) is 0 Å². The fraction of sp³-hybridized carbons (Fsp3) is 1.00. The zero-order chi connectivity index (χ0) is 12.5. The Balaban J connectivity index is 2.13. The molecule has 0 spiro atoms. The maximum absolute atomic E-state index is 3.32. The lowest BCUT2D eigenvalue weighted by molar-refractivity contribution is 0.269. The van der Waals surface area contributed by atoms with Crippen molar-refractivity contribution in [2.45, 2.75) is 64.8 Å². The van der Waals surface area contributed by atoms with E-state index in [1.54, 1.807) is 0 Å². The zero-order valence-electron chi connectivity index (χ0n) is 12.2. The molecule has 0 bridgehead atoms. The molecule has 0 aromatic heterocycles. The van der Waals surface area contributed by atoms with Gasteiger partial charge in [-0.1, -0.05) is 19.8 Å². The van der Waals surface area contributed by atoms with Gasteiger partial charge in [0.25, 0.3) is 0 Å². The van der Waals surface area contributed by atoms with Crippen molar-refractivity contribution in [2.24, 2.45) is 5.92 Å². The molecule has 1 aliphatic rings. The normalized spacial score (nSPS) is 24.5. The average molecular weight is 240 g/mol. The summed E-state index contributed by atoms with van der Waals surface area (Å²) in [4.78, 5) is 2.69. The maximum Gasteiger partial charge on any atom is 0.00362 e. The Labute approximate surface area is 108 Å². The summed E-state index contributed by atoms with van der Waals surface area (Å²) in [7, 11) is 2.06. The van der Waals surface area contributed by atoms with Gasteiger partial charge in [0.1, 0.15) is 0 Å². The first-order chi connectivity index (χ1) is 8.26. The molecule has 1 N–H and O–H groups in total. The highest BCUT2D eigenvalue weighted by Gasteiger charge is 2.15. The highest BCUT2D eigenvalue weighted by Crippen LogP contribution is 2.22. The first-order valence-corrected chi connectivity index (χ1v) is 7.65. The Morgan fingerprint density at radius 1 is 1.29 bits per heavy atom. The Bertz CT molecular complexity index is 182. The van der Waals surface area contributed by atoms with E-state index in [2.05, 4.69) is 31.1 Å². The quantitative estimate of drug-likeness (QED) is 0.735. The highest BCUT2D eigenvalue weighted by atomic mass is 15.1. The van der Waals surface area contributed by atoms with Gasteiger partial charge in [-0.05, 0) is 71.6 Å². The molecule has 102 valence electrons. The van der Waals surface area contributed by atoms with Gasteiger partial charge >= 0.3 is 0 Å². The van der Waals surface area contributed by atoms with Crippen molar-refractivity contribution >= 4 is 0 Å². The molecule has 0 aliphatic carbocycles. The SMILES string of the molecule is CCCC1CCCN(CCCC(C)NC)CC1. The highest BCUT2D eigenvalue weighted by molar-refractivity contribution is 4.70. The second-order valence-electron chi connectivity index (χ2n) is 5.76. The molecule has 1 saturated heterocycles. The fourth-order valence-electron chi connectivity index (χ4n) is 2.91. The van der Waals surface area contributed by atoms with Crippen molar-refractivity contribution in [3.63, 3.8) is 0 Å². The number of nitrogens with one attached hydrogen (secondary N) is 1. The van der Waals surface area contributed by atoms with Crippen molar-refractivity contribution in [2.75, 3.05) is 26.7 Å². The summed E-state index contributed by atoms with van der Waals surface area (Å²) in [5.74, 6) is 1.02. The molecule has 1 rings (SSSR count). The molecule has 2 nitrogen and oxygen atoms in total.